The van der Waals surface area contributed by atoms with Gasteiger partial charge in [-0.05, 0) is 18.2 Å². The normalized spacial score (nSPS) is 16.7. The van der Waals surface area contributed by atoms with Crippen LogP contribution >= 0.6 is 11.3 Å². The van der Waals surface area contributed by atoms with E-state index in [1.165, 1.54) is 12.5 Å². The van der Waals surface area contributed by atoms with Gasteiger partial charge < -0.3 is 14.9 Å². The van der Waals surface area contributed by atoms with Crippen molar-refractivity contribution in [3.05, 3.63) is 75.0 Å². The summed E-state index contributed by atoms with van der Waals surface area (Å²) in [6, 6.07) is 11.3. The molecule has 3 heterocycles. The van der Waals surface area contributed by atoms with E-state index in [1.807, 2.05) is 24.3 Å². The minimum atomic E-state index is -0.573. The summed E-state index contributed by atoms with van der Waals surface area (Å²) in [5.41, 5.74) is 7.30. The first kappa shape index (κ1) is 13.6. The van der Waals surface area contributed by atoms with E-state index >= 15 is 0 Å². The summed E-state index contributed by atoms with van der Waals surface area (Å²) < 4.78 is 11.5. The van der Waals surface area contributed by atoms with Crippen molar-refractivity contribution in [3.8, 4) is 11.8 Å². The fourth-order valence-electron chi connectivity index (χ4n) is 2.84. The monoisotopic (exact) mass is 322 g/mol. The number of allylic oxidation sites excluding steroid dienone is 1. The van der Waals surface area contributed by atoms with Gasteiger partial charge in [-0.2, -0.15) is 5.26 Å². The average Bonchev–Trinajstić information content (AvgIpc) is 3.08. The number of nitrogens with zero attached hydrogens (tertiary/aromatic N) is 1. The Balaban J connectivity index is 2.11. The molecule has 2 aromatic heterocycles. The SMILES string of the molecule is N#CC1=C(N)Oc2c(c(=O)sc3ccccc23)[C@@H]1c1ccoc1. The summed E-state index contributed by atoms with van der Waals surface area (Å²) >= 11 is 1.13. The number of hydrogen-bond acceptors (Lipinski definition) is 6. The van der Waals surface area contributed by atoms with Crippen molar-refractivity contribution in [2.45, 2.75) is 5.92 Å². The van der Waals surface area contributed by atoms with Crippen LogP contribution in [-0.2, 0) is 0 Å². The van der Waals surface area contributed by atoms with Crippen LogP contribution in [-0.4, -0.2) is 0 Å². The molecule has 112 valence electrons. The van der Waals surface area contributed by atoms with Gasteiger partial charge in [-0.15, -0.1) is 0 Å². The minimum absolute atomic E-state index is 0.0203. The molecule has 0 fully saturated rings. The lowest BCUT2D eigenvalue weighted by molar-refractivity contribution is 0.398. The molecule has 0 unspecified atom stereocenters. The van der Waals surface area contributed by atoms with Gasteiger partial charge in [0, 0.05) is 15.6 Å². The Labute approximate surface area is 134 Å². The van der Waals surface area contributed by atoms with Gasteiger partial charge in [-0.3, -0.25) is 4.79 Å². The number of benzene rings is 1. The first-order chi connectivity index (χ1) is 11.2. The standard InChI is InChI=1S/C17H10N2O3S/c18-7-11-13(9-5-6-21-8-9)14-15(22-16(11)19)10-3-1-2-4-12(10)23-17(14)20/h1-6,8,13H,19H2/t13-/m1/s1. The second-order valence-electron chi connectivity index (χ2n) is 5.11. The van der Waals surface area contributed by atoms with Crippen LogP contribution in [0, 0.1) is 11.3 Å². The molecule has 0 bridgehead atoms. The molecule has 1 atom stereocenters. The summed E-state index contributed by atoms with van der Waals surface area (Å²) in [5.74, 6) is -0.130. The minimum Gasteiger partial charge on any atom is -0.472 e. The molecule has 1 aliphatic heterocycles. The van der Waals surface area contributed by atoms with E-state index < -0.39 is 5.92 Å². The lowest BCUT2D eigenvalue weighted by Gasteiger charge is -2.25. The van der Waals surface area contributed by atoms with Crippen molar-refractivity contribution in [1.29, 1.82) is 5.26 Å². The molecule has 23 heavy (non-hydrogen) atoms. The van der Waals surface area contributed by atoms with Crippen molar-refractivity contribution < 1.29 is 9.15 Å². The number of furan rings is 1. The summed E-state index contributed by atoms with van der Waals surface area (Å²) in [6.45, 7) is 0. The maximum absolute atomic E-state index is 12.7. The second-order valence-corrected chi connectivity index (χ2v) is 6.12. The molecule has 2 N–H and O–H groups in total. The van der Waals surface area contributed by atoms with E-state index in [1.54, 1.807) is 6.07 Å². The van der Waals surface area contributed by atoms with Gasteiger partial charge >= 0.3 is 0 Å². The van der Waals surface area contributed by atoms with Gasteiger partial charge in [-0.1, -0.05) is 23.5 Å². The lowest BCUT2D eigenvalue weighted by atomic mass is 9.86. The van der Waals surface area contributed by atoms with E-state index in [4.69, 9.17) is 14.9 Å². The molecular weight excluding hydrogens is 312 g/mol. The molecule has 6 heteroatoms. The summed E-state index contributed by atoms with van der Waals surface area (Å²) in [6.07, 6.45) is 3.02. The van der Waals surface area contributed by atoms with Gasteiger partial charge in [0.25, 0.3) is 0 Å². The Morgan fingerprint density at radius 2 is 2.09 bits per heavy atom. The zero-order chi connectivity index (χ0) is 16.0. The Morgan fingerprint density at radius 3 is 2.83 bits per heavy atom. The van der Waals surface area contributed by atoms with Crippen LogP contribution < -0.4 is 15.2 Å². The predicted molar refractivity (Wildman–Crippen MR) is 86.1 cm³/mol. The zero-order valence-electron chi connectivity index (χ0n) is 11.8. The van der Waals surface area contributed by atoms with Crippen LogP contribution in [0.3, 0.4) is 0 Å². The molecule has 3 aromatic rings. The fraction of sp³-hybridized carbons (Fsp3) is 0.0588. The zero-order valence-corrected chi connectivity index (χ0v) is 12.6. The van der Waals surface area contributed by atoms with Crippen LogP contribution in [0.15, 0.2) is 63.5 Å². The van der Waals surface area contributed by atoms with Gasteiger partial charge in [-0.25, -0.2) is 0 Å². The number of ether oxygens (including phenoxy) is 1. The third kappa shape index (κ3) is 1.94. The van der Waals surface area contributed by atoms with Crippen molar-refractivity contribution in [2.24, 2.45) is 5.73 Å². The topological polar surface area (TPSA) is 89.3 Å². The molecule has 0 spiro atoms. The number of nitrogens with two attached hydrogens (primary N) is 1. The number of nitriles is 1. The van der Waals surface area contributed by atoms with Gasteiger partial charge in [0.05, 0.1) is 24.0 Å². The van der Waals surface area contributed by atoms with E-state index in [0.717, 1.165) is 21.4 Å². The molecule has 1 aromatic carbocycles. The predicted octanol–water partition coefficient (Wildman–Crippen LogP) is 3.07. The number of rotatable bonds is 1. The second kappa shape index (κ2) is 5.00. The Bertz CT molecular complexity index is 1040. The summed E-state index contributed by atoms with van der Waals surface area (Å²) in [7, 11) is 0. The fourth-order valence-corrected chi connectivity index (χ4v) is 3.78. The molecular formula is C17H10N2O3S. The van der Waals surface area contributed by atoms with Gasteiger partial charge in [0.15, 0.2) is 0 Å². The highest BCUT2D eigenvalue weighted by Gasteiger charge is 2.34. The van der Waals surface area contributed by atoms with Gasteiger partial charge in [0.1, 0.15) is 17.4 Å². The van der Waals surface area contributed by atoms with E-state index in [2.05, 4.69) is 6.07 Å². The third-order valence-corrected chi connectivity index (χ3v) is 4.83. The molecule has 0 saturated carbocycles. The van der Waals surface area contributed by atoms with E-state index in [-0.39, 0.29) is 16.2 Å². The Kier molecular flexibility index (Phi) is 2.96. The molecule has 0 radical (unpaired) electrons. The van der Waals surface area contributed by atoms with Gasteiger partial charge in [0.2, 0.25) is 10.6 Å². The number of fused-ring (bicyclic) bond motifs is 3. The smallest absolute Gasteiger partial charge is 0.240 e. The Hall–Kier alpha value is -3.04. The largest absolute Gasteiger partial charge is 0.472 e. The molecule has 1 aliphatic rings. The third-order valence-electron chi connectivity index (χ3n) is 3.85. The van der Waals surface area contributed by atoms with Crippen molar-refractivity contribution in [2.75, 3.05) is 0 Å². The number of hydrogen-bond donors (Lipinski definition) is 1. The highest BCUT2D eigenvalue weighted by atomic mass is 32.1. The highest BCUT2D eigenvalue weighted by molar-refractivity contribution is 7.16. The molecule has 0 amide bonds. The maximum atomic E-state index is 12.7. The molecule has 5 nitrogen and oxygen atoms in total. The highest BCUT2D eigenvalue weighted by Crippen LogP contribution is 2.44. The Morgan fingerprint density at radius 1 is 1.26 bits per heavy atom. The average molecular weight is 322 g/mol. The first-order valence-corrected chi connectivity index (χ1v) is 7.67. The maximum Gasteiger partial charge on any atom is 0.240 e. The van der Waals surface area contributed by atoms with Crippen LogP contribution in [0.2, 0.25) is 0 Å². The van der Waals surface area contributed by atoms with E-state index in [9.17, 15) is 10.1 Å². The molecule has 0 saturated heterocycles. The summed E-state index contributed by atoms with van der Waals surface area (Å²) in [5, 5.41) is 10.3. The van der Waals surface area contributed by atoms with Crippen LogP contribution in [0.25, 0.3) is 10.1 Å². The van der Waals surface area contributed by atoms with Crippen molar-refractivity contribution in [3.63, 3.8) is 0 Å². The first-order valence-electron chi connectivity index (χ1n) is 6.86. The molecule has 4 rings (SSSR count). The van der Waals surface area contributed by atoms with Crippen LogP contribution in [0.4, 0.5) is 0 Å². The van der Waals surface area contributed by atoms with Crippen molar-refractivity contribution in [1.82, 2.24) is 0 Å². The van der Waals surface area contributed by atoms with Crippen molar-refractivity contribution >= 4 is 21.4 Å². The quantitative estimate of drug-likeness (QED) is 0.743. The van der Waals surface area contributed by atoms with Crippen LogP contribution in [0.5, 0.6) is 5.75 Å². The lowest BCUT2D eigenvalue weighted by Crippen LogP contribution is -2.25. The van der Waals surface area contributed by atoms with Crippen LogP contribution in [0.1, 0.15) is 17.0 Å². The summed E-state index contributed by atoms with van der Waals surface area (Å²) in [4.78, 5) is 12.7. The molecule has 0 aliphatic carbocycles. The van der Waals surface area contributed by atoms with E-state index in [0.29, 0.717) is 16.9 Å².